The summed E-state index contributed by atoms with van der Waals surface area (Å²) < 4.78 is 0. The molecule has 0 aromatic carbocycles. The van der Waals surface area contributed by atoms with Crippen molar-refractivity contribution in [1.29, 1.82) is 0 Å². The second-order valence-corrected chi connectivity index (χ2v) is 4.80. The lowest BCUT2D eigenvalue weighted by Gasteiger charge is -2.23. The molecule has 0 saturated heterocycles. The fourth-order valence-electron chi connectivity index (χ4n) is 2.54. The van der Waals surface area contributed by atoms with E-state index < -0.39 is 5.97 Å². The van der Waals surface area contributed by atoms with Crippen LogP contribution in [0.25, 0.3) is 0 Å². The number of carboxylic acids is 1. The highest BCUT2D eigenvalue weighted by atomic mass is 16.4. The molecule has 0 amide bonds. The van der Waals surface area contributed by atoms with Gasteiger partial charge in [0.05, 0.1) is 0 Å². The van der Waals surface area contributed by atoms with Gasteiger partial charge in [-0.2, -0.15) is 0 Å². The van der Waals surface area contributed by atoms with Gasteiger partial charge in [0.1, 0.15) is 6.04 Å². The minimum atomic E-state index is -0.735. The summed E-state index contributed by atoms with van der Waals surface area (Å²) in [4.78, 5) is 11.0. The molecule has 15 heavy (non-hydrogen) atoms. The van der Waals surface area contributed by atoms with Crippen LogP contribution in [0.5, 0.6) is 0 Å². The normalized spacial score (nSPS) is 32.9. The lowest BCUT2D eigenvalue weighted by molar-refractivity contribution is -0.140. The van der Waals surface area contributed by atoms with Crippen LogP contribution in [-0.4, -0.2) is 34.9 Å². The van der Waals surface area contributed by atoms with Gasteiger partial charge in [0, 0.05) is 12.6 Å². The highest BCUT2D eigenvalue weighted by Gasteiger charge is 2.39. The van der Waals surface area contributed by atoms with E-state index in [9.17, 15) is 4.79 Å². The molecule has 0 aromatic rings. The van der Waals surface area contributed by atoms with Crippen molar-refractivity contribution in [3.05, 3.63) is 0 Å². The quantitative estimate of drug-likeness (QED) is 0.625. The third-order valence-corrected chi connectivity index (χ3v) is 3.65. The van der Waals surface area contributed by atoms with Gasteiger partial charge in [-0.05, 0) is 37.5 Å². The molecule has 4 nitrogen and oxygen atoms in total. The van der Waals surface area contributed by atoms with Gasteiger partial charge in [-0.25, -0.2) is 0 Å². The number of aliphatic hydroxyl groups excluding tert-OH is 1. The summed E-state index contributed by atoms with van der Waals surface area (Å²) in [7, 11) is 0. The number of hydrogen-bond donors (Lipinski definition) is 3. The highest BCUT2D eigenvalue weighted by Crippen LogP contribution is 2.34. The van der Waals surface area contributed by atoms with E-state index in [0.717, 1.165) is 32.1 Å². The van der Waals surface area contributed by atoms with Crippen LogP contribution in [0.4, 0.5) is 0 Å². The van der Waals surface area contributed by atoms with Crippen LogP contribution in [0.2, 0.25) is 0 Å². The van der Waals surface area contributed by atoms with Crippen LogP contribution < -0.4 is 5.32 Å². The van der Waals surface area contributed by atoms with Gasteiger partial charge in [-0.3, -0.25) is 4.79 Å². The number of carbonyl (C=O) groups is 1. The monoisotopic (exact) mass is 213 g/mol. The third-order valence-electron chi connectivity index (χ3n) is 3.65. The first-order valence-corrected chi connectivity index (χ1v) is 5.82. The van der Waals surface area contributed by atoms with E-state index in [-0.39, 0.29) is 24.6 Å². The zero-order valence-electron chi connectivity index (χ0n) is 8.85. The molecule has 2 saturated carbocycles. The predicted octanol–water partition coefficient (Wildman–Crippen LogP) is 0.600. The Hall–Kier alpha value is -0.610. The number of nitrogens with one attached hydrogen (secondary N) is 1. The fourth-order valence-corrected chi connectivity index (χ4v) is 2.54. The molecule has 2 aliphatic carbocycles. The predicted molar refractivity (Wildman–Crippen MR) is 55.5 cm³/mol. The van der Waals surface area contributed by atoms with Crippen LogP contribution in [0.15, 0.2) is 0 Å². The standard InChI is InChI=1S/C11H19NO3/c13-6-8-2-1-3-9(8)12-10(11(14)15)7-4-5-7/h7-10,12-13H,1-6H2,(H,14,15). The van der Waals surface area contributed by atoms with Crippen molar-refractivity contribution in [2.24, 2.45) is 11.8 Å². The fraction of sp³-hybridized carbons (Fsp3) is 0.909. The Morgan fingerprint density at radius 2 is 2.07 bits per heavy atom. The second kappa shape index (κ2) is 4.49. The summed E-state index contributed by atoms with van der Waals surface area (Å²) in [6, 6.07) is -0.182. The topological polar surface area (TPSA) is 69.6 Å². The third kappa shape index (κ3) is 2.49. The van der Waals surface area contributed by atoms with Gasteiger partial charge in [-0.15, -0.1) is 0 Å². The summed E-state index contributed by atoms with van der Waals surface area (Å²) in [5.41, 5.74) is 0. The highest BCUT2D eigenvalue weighted by molar-refractivity contribution is 5.74. The number of rotatable bonds is 5. The summed E-state index contributed by atoms with van der Waals surface area (Å²) in [5, 5.41) is 21.5. The number of carboxylic acid groups (broad SMARTS) is 1. The molecule has 3 atom stereocenters. The van der Waals surface area contributed by atoms with Crippen molar-refractivity contribution in [3.63, 3.8) is 0 Å². The van der Waals surface area contributed by atoms with E-state index in [2.05, 4.69) is 5.32 Å². The number of hydrogen-bond acceptors (Lipinski definition) is 3. The molecular weight excluding hydrogens is 194 g/mol. The molecule has 0 heterocycles. The van der Waals surface area contributed by atoms with Crippen molar-refractivity contribution in [2.75, 3.05) is 6.61 Å². The SMILES string of the molecule is O=C(O)C(NC1CCCC1CO)C1CC1. The Kier molecular flexibility index (Phi) is 3.26. The van der Waals surface area contributed by atoms with Crippen molar-refractivity contribution in [2.45, 2.75) is 44.2 Å². The molecule has 2 rings (SSSR count). The molecule has 2 fully saturated rings. The Balaban J connectivity index is 1.90. The van der Waals surface area contributed by atoms with Crippen molar-refractivity contribution < 1.29 is 15.0 Å². The van der Waals surface area contributed by atoms with Crippen LogP contribution in [0, 0.1) is 11.8 Å². The zero-order chi connectivity index (χ0) is 10.8. The molecule has 4 heteroatoms. The maximum atomic E-state index is 11.0. The zero-order valence-corrected chi connectivity index (χ0v) is 8.85. The molecule has 0 spiro atoms. The van der Waals surface area contributed by atoms with Crippen LogP contribution in [-0.2, 0) is 4.79 Å². The van der Waals surface area contributed by atoms with Crippen molar-refractivity contribution in [3.8, 4) is 0 Å². The summed E-state index contributed by atoms with van der Waals surface area (Å²) in [5.74, 6) is -0.158. The van der Waals surface area contributed by atoms with E-state index in [1.807, 2.05) is 0 Å². The van der Waals surface area contributed by atoms with Crippen LogP contribution in [0.3, 0.4) is 0 Å². The van der Waals surface area contributed by atoms with Crippen LogP contribution >= 0.6 is 0 Å². The second-order valence-electron chi connectivity index (χ2n) is 4.80. The van der Waals surface area contributed by atoms with Crippen molar-refractivity contribution in [1.82, 2.24) is 5.32 Å². The first-order chi connectivity index (χ1) is 7.22. The largest absolute Gasteiger partial charge is 0.480 e. The average Bonchev–Trinajstić information content (AvgIpc) is 2.93. The first-order valence-electron chi connectivity index (χ1n) is 5.82. The molecule has 3 unspecified atom stereocenters. The van der Waals surface area contributed by atoms with E-state index in [0.29, 0.717) is 5.92 Å². The first kappa shape index (κ1) is 10.9. The van der Waals surface area contributed by atoms with Gasteiger partial charge >= 0.3 is 5.97 Å². The lowest BCUT2D eigenvalue weighted by Crippen LogP contribution is -2.46. The molecule has 86 valence electrons. The molecule has 0 aliphatic heterocycles. The molecule has 0 aromatic heterocycles. The Bertz CT molecular complexity index is 240. The van der Waals surface area contributed by atoms with Gasteiger partial charge in [0.25, 0.3) is 0 Å². The number of aliphatic hydroxyl groups is 1. The van der Waals surface area contributed by atoms with Crippen molar-refractivity contribution >= 4 is 5.97 Å². The van der Waals surface area contributed by atoms with E-state index >= 15 is 0 Å². The summed E-state index contributed by atoms with van der Waals surface area (Å²) in [6.45, 7) is 0.175. The Morgan fingerprint density at radius 3 is 2.60 bits per heavy atom. The smallest absolute Gasteiger partial charge is 0.320 e. The van der Waals surface area contributed by atoms with Gasteiger partial charge in [-0.1, -0.05) is 6.42 Å². The van der Waals surface area contributed by atoms with E-state index in [1.54, 1.807) is 0 Å². The Labute approximate surface area is 89.7 Å². The maximum absolute atomic E-state index is 11.0. The maximum Gasteiger partial charge on any atom is 0.320 e. The molecule has 2 aliphatic rings. The summed E-state index contributed by atoms with van der Waals surface area (Å²) >= 11 is 0. The lowest BCUT2D eigenvalue weighted by atomic mass is 10.0. The number of aliphatic carboxylic acids is 1. The minimum absolute atomic E-state index is 0.175. The average molecular weight is 213 g/mol. The van der Waals surface area contributed by atoms with Gasteiger partial charge in [0.15, 0.2) is 0 Å². The van der Waals surface area contributed by atoms with Gasteiger partial charge in [0.2, 0.25) is 0 Å². The molecule has 0 bridgehead atoms. The minimum Gasteiger partial charge on any atom is -0.480 e. The van der Waals surface area contributed by atoms with Gasteiger partial charge < -0.3 is 15.5 Å². The van der Waals surface area contributed by atoms with Crippen LogP contribution in [0.1, 0.15) is 32.1 Å². The van der Waals surface area contributed by atoms with E-state index in [1.165, 1.54) is 0 Å². The molecule has 0 radical (unpaired) electrons. The summed E-state index contributed by atoms with van der Waals surface area (Å²) in [6.07, 6.45) is 5.17. The Morgan fingerprint density at radius 1 is 1.33 bits per heavy atom. The molecule has 3 N–H and O–H groups in total. The molecular formula is C11H19NO3. The van der Waals surface area contributed by atoms with E-state index in [4.69, 9.17) is 10.2 Å².